The summed E-state index contributed by atoms with van der Waals surface area (Å²) in [6, 6.07) is 17.2. The zero-order valence-electron chi connectivity index (χ0n) is 20.3. The largest absolute Gasteiger partial charge is 0.508 e. The summed E-state index contributed by atoms with van der Waals surface area (Å²) in [5.74, 6) is 1.24. The minimum absolute atomic E-state index is 0.00329. The second kappa shape index (κ2) is 10.1. The maximum atomic E-state index is 14.0. The van der Waals surface area contributed by atoms with Crippen LogP contribution in [0.3, 0.4) is 0 Å². The van der Waals surface area contributed by atoms with Crippen molar-refractivity contribution < 1.29 is 32.1 Å². The molecule has 2 aliphatic rings. The van der Waals surface area contributed by atoms with E-state index in [1.165, 1.54) is 24.3 Å². The third kappa shape index (κ3) is 5.16. The quantitative estimate of drug-likeness (QED) is 0.355. The molecule has 0 unspecified atom stereocenters. The zero-order chi connectivity index (χ0) is 26.2. The van der Waals surface area contributed by atoms with E-state index in [1.54, 1.807) is 43.3 Å². The lowest BCUT2D eigenvalue weighted by molar-refractivity contribution is -0.137. The Bertz CT molecular complexity index is 1300. The SMILES string of the molecule is CC1=C(c2ccccc2C(F)(F)F)[C@H](c2ccc(OCCN3CC(CF)C3)cc2)Oc2ccc(O)cc21. The molecule has 194 valence electrons. The van der Waals surface area contributed by atoms with E-state index in [-0.39, 0.29) is 23.9 Å². The lowest BCUT2D eigenvalue weighted by atomic mass is 9.84. The van der Waals surface area contributed by atoms with Crippen LogP contribution in [-0.4, -0.2) is 42.9 Å². The number of alkyl halides is 4. The van der Waals surface area contributed by atoms with Gasteiger partial charge in [-0.3, -0.25) is 9.29 Å². The lowest BCUT2D eigenvalue weighted by Gasteiger charge is -2.37. The minimum Gasteiger partial charge on any atom is -0.508 e. The van der Waals surface area contributed by atoms with Gasteiger partial charge in [0, 0.05) is 36.7 Å². The number of fused-ring (bicyclic) bond motifs is 1. The molecule has 0 saturated carbocycles. The van der Waals surface area contributed by atoms with E-state index in [9.17, 15) is 22.7 Å². The Morgan fingerprint density at radius 2 is 1.73 bits per heavy atom. The van der Waals surface area contributed by atoms with Gasteiger partial charge in [0.05, 0.1) is 12.2 Å². The number of rotatable bonds is 7. The van der Waals surface area contributed by atoms with Crippen LogP contribution in [0.25, 0.3) is 11.1 Å². The number of aromatic hydroxyl groups is 1. The molecule has 0 bridgehead atoms. The molecule has 0 aromatic heterocycles. The number of nitrogens with zero attached hydrogens (tertiary/aromatic N) is 1. The highest BCUT2D eigenvalue weighted by Crippen LogP contribution is 2.49. The number of ether oxygens (including phenoxy) is 2. The molecule has 0 spiro atoms. The van der Waals surface area contributed by atoms with Gasteiger partial charge in [0.2, 0.25) is 0 Å². The topological polar surface area (TPSA) is 41.9 Å². The van der Waals surface area contributed by atoms with Crippen LogP contribution in [0.5, 0.6) is 17.2 Å². The fraction of sp³-hybridized carbons (Fsp3) is 0.310. The number of likely N-dealkylation sites (tertiary alicyclic amines) is 1. The smallest absolute Gasteiger partial charge is 0.416 e. The van der Waals surface area contributed by atoms with E-state index in [4.69, 9.17) is 9.47 Å². The van der Waals surface area contributed by atoms with E-state index in [0.29, 0.717) is 46.9 Å². The summed E-state index contributed by atoms with van der Waals surface area (Å²) in [6.07, 6.45) is -5.35. The average Bonchev–Trinajstić information content (AvgIpc) is 2.85. The molecular formula is C29H27F4NO3. The van der Waals surface area contributed by atoms with Crippen LogP contribution in [0, 0.1) is 5.92 Å². The Labute approximate surface area is 212 Å². The highest BCUT2D eigenvalue weighted by atomic mass is 19.4. The van der Waals surface area contributed by atoms with Crippen molar-refractivity contribution in [3.63, 3.8) is 0 Å². The Morgan fingerprint density at radius 3 is 2.43 bits per heavy atom. The molecular weight excluding hydrogens is 486 g/mol. The Morgan fingerprint density at radius 1 is 1.00 bits per heavy atom. The summed E-state index contributed by atoms with van der Waals surface area (Å²) in [6.45, 7) is 4.09. The molecule has 0 radical (unpaired) electrons. The maximum absolute atomic E-state index is 14.0. The van der Waals surface area contributed by atoms with Crippen molar-refractivity contribution in [3.05, 3.63) is 89.0 Å². The lowest BCUT2D eigenvalue weighted by Crippen LogP contribution is -2.49. The first-order valence-electron chi connectivity index (χ1n) is 12.1. The number of hydrogen-bond donors (Lipinski definition) is 1. The van der Waals surface area contributed by atoms with E-state index >= 15 is 0 Å². The molecule has 0 amide bonds. The first kappa shape index (κ1) is 25.1. The number of benzene rings is 3. The van der Waals surface area contributed by atoms with Crippen LogP contribution >= 0.6 is 0 Å². The fourth-order valence-corrected chi connectivity index (χ4v) is 4.97. The summed E-state index contributed by atoms with van der Waals surface area (Å²) < 4.78 is 66.6. The molecule has 8 heteroatoms. The normalized spacial score (nSPS) is 18.2. The van der Waals surface area contributed by atoms with Gasteiger partial charge < -0.3 is 14.6 Å². The van der Waals surface area contributed by atoms with E-state index < -0.39 is 17.8 Å². The molecule has 0 aliphatic carbocycles. The number of hydrogen-bond acceptors (Lipinski definition) is 4. The van der Waals surface area contributed by atoms with Crippen LogP contribution in [-0.2, 0) is 6.18 Å². The van der Waals surface area contributed by atoms with Gasteiger partial charge in [0.15, 0.2) is 0 Å². The molecule has 3 aromatic rings. The molecule has 1 fully saturated rings. The van der Waals surface area contributed by atoms with Gasteiger partial charge in [0.25, 0.3) is 0 Å². The molecule has 1 atom stereocenters. The third-order valence-corrected chi connectivity index (χ3v) is 6.91. The third-order valence-electron chi connectivity index (χ3n) is 6.91. The predicted octanol–water partition coefficient (Wildman–Crippen LogP) is 6.76. The van der Waals surface area contributed by atoms with Gasteiger partial charge >= 0.3 is 6.18 Å². The van der Waals surface area contributed by atoms with Crippen LogP contribution in [0.4, 0.5) is 17.6 Å². The maximum Gasteiger partial charge on any atom is 0.416 e. The molecule has 5 rings (SSSR count). The Kier molecular flexibility index (Phi) is 6.86. The average molecular weight is 514 g/mol. The fourth-order valence-electron chi connectivity index (χ4n) is 4.97. The van der Waals surface area contributed by atoms with Gasteiger partial charge in [0.1, 0.15) is 30.0 Å². The van der Waals surface area contributed by atoms with Gasteiger partial charge in [-0.25, -0.2) is 0 Å². The van der Waals surface area contributed by atoms with Crippen molar-refractivity contribution in [2.45, 2.75) is 19.2 Å². The van der Waals surface area contributed by atoms with Gasteiger partial charge in [-0.2, -0.15) is 13.2 Å². The van der Waals surface area contributed by atoms with Crippen molar-refractivity contribution in [1.29, 1.82) is 0 Å². The van der Waals surface area contributed by atoms with Gasteiger partial charge in [-0.1, -0.05) is 30.3 Å². The van der Waals surface area contributed by atoms with Crippen LogP contribution in [0.2, 0.25) is 0 Å². The molecule has 3 aromatic carbocycles. The number of phenolic OH excluding ortho intramolecular Hbond substituents is 1. The van der Waals surface area contributed by atoms with Crippen molar-refractivity contribution in [2.24, 2.45) is 5.92 Å². The highest BCUT2D eigenvalue weighted by molar-refractivity contribution is 5.96. The number of phenols is 1. The summed E-state index contributed by atoms with van der Waals surface area (Å²) >= 11 is 0. The summed E-state index contributed by atoms with van der Waals surface area (Å²) in [5, 5.41) is 10.0. The second-order valence-electron chi connectivity index (χ2n) is 9.46. The first-order chi connectivity index (χ1) is 17.7. The number of allylic oxidation sites excluding steroid dienone is 1. The van der Waals surface area contributed by atoms with Crippen molar-refractivity contribution >= 4 is 11.1 Å². The van der Waals surface area contributed by atoms with Crippen molar-refractivity contribution in [2.75, 3.05) is 32.9 Å². The van der Waals surface area contributed by atoms with Crippen LogP contribution in [0.15, 0.2) is 66.7 Å². The van der Waals surface area contributed by atoms with Gasteiger partial charge in [-0.05, 0) is 60.0 Å². The predicted molar refractivity (Wildman–Crippen MR) is 133 cm³/mol. The molecule has 2 heterocycles. The summed E-state index contributed by atoms with van der Waals surface area (Å²) in [7, 11) is 0. The Balaban J connectivity index is 1.45. The van der Waals surface area contributed by atoms with Crippen molar-refractivity contribution in [1.82, 2.24) is 4.90 Å². The van der Waals surface area contributed by atoms with E-state index in [2.05, 4.69) is 4.90 Å². The highest BCUT2D eigenvalue weighted by Gasteiger charge is 2.38. The van der Waals surface area contributed by atoms with E-state index in [0.717, 1.165) is 19.2 Å². The van der Waals surface area contributed by atoms with Crippen LogP contribution < -0.4 is 9.47 Å². The standard InChI is InChI=1S/C29H27F4NO3/c1-18-24-14-21(35)8-11-26(24)37-28(27(18)23-4-2-3-5-25(23)29(31,32)33)20-6-9-22(10-7-20)36-13-12-34-16-19(15-30)17-34/h2-11,14,19,28,35H,12-13,15-17H2,1H3/t28-/m0/s1. The summed E-state index contributed by atoms with van der Waals surface area (Å²) in [4.78, 5) is 2.13. The monoisotopic (exact) mass is 513 g/mol. The molecule has 37 heavy (non-hydrogen) atoms. The zero-order valence-corrected chi connectivity index (χ0v) is 20.3. The molecule has 2 aliphatic heterocycles. The van der Waals surface area contributed by atoms with Gasteiger partial charge in [-0.15, -0.1) is 0 Å². The van der Waals surface area contributed by atoms with E-state index in [1.807, 2.05) is 0 Å². The molecule has 4 nitrogen and oxygen atoms in total. The number of halogens is 4. The molecule has 1 N–H and O–H groups in total. The summed E-state index contributed by atoms with van der Waals surface area (Å²) in [5.41, 5.74) is 1.49. The van der Waals surface area contributed by atoms with Crippen LogP contribution in [0.1, 0.15) is 35.3 Å². The molecule has 1 saturated heterocycles. The Hall–Kier alpha value is -3.52. The first-order valence-corrected chi connectivity index (χ1v) is 12.1. The van der Waals surface area contributed by atoms with Crippen molar-refractivity contribution in [3.8, 4) is 17.2 Å². The minimum atomic E-state index is -4.55. The second-order valence-corrected chi connectivity index (χ2v) is 9.46.